The predicted molar refractivity (Wildman–Crippen MR) is 476 cm³/mol. The Kier molecular flexibility index (Phi) is 29.6. The summed E-state index contributed by atoms with van der Waals surface area (Å²) in [6.07, 6.45) is 12.2. The van der Waals surface area contributed by atoms with Crippen molar-refractivity contribution in [2.24, 2.45) is 45.3 Å². The van der Waals surface area contributed by atoms with Gasteiger partial charge >= 0.3 is 0 Å². The van der Waals surface area contributed by atoms with Gasteiger partial charge in [-0.1, -0.05) is 55.4 Å². The van der Waals surface area contributed by atoms with Crippen molar-refractivity contribution in [1.29, 1.82) is 0 Å². The van der Waals surface area contributed by atoms with E-state index in [-0.39, 0.29) is 108 Å². The number of carbonyl (C=O) groups is 4. The average Bonchev–Trinajstić information content (AvgIpc) is 1.57. The van der Waals surface area contributed by atoms with E-state index in [1.807, 2.05) is 14.7 Å². The van der Waals surface area contributed by atoms with Crippen LogP contribution in [-0.4, -0.2) is 284 Å². The molecular formula is C94H142F2N12O11S. The summed E-state index contributed by atoms with van der Waals surface area (Å²) in [7, 11) is -2.89. The zero-order chi connectivity index (χ0) is 85.3. The number of halogens is 2. The summed E-state index contributed by atoms with van der Waals surface area (Å²) < 4.78 is 55.9. The highest BCUT2D eigenvalue weighted by Crippen LogP contribution is 2.49. The van der Waals surface area contributed by atoms with Gasteiger partial charge in [-0.15, -0.1) is 0 Å². The van der Waals surface area contributed by atoms with Crippen LogP contribution in [0.4, 0.5) is 54.3 Å². The van der Waals surface area contributed by atoms with Crippen LogP contribution in [0.1, 0.15) is 165 Å². The maximum absolute atomic E-state index is 13.5. The number of alkyl halides is 2. The number of hydrogen-bond acceptors (Lipinski definition) is 19. The minimum atomic E-state index is -2.89. The fraction of sp³-hybridized carbons (Fsp3) is 0.702. The van der Waals surface area contributed by atoms with Crippen molar-refractivity contribution in [2.75, 3.05) is 221 Å². The lowest BCUT2D eigenvalue weighted by atomic mass is 9.73. The summed E-state index contributed by atoms with van der Waals surface area (Å²) in [4.78, 5) is 78.0. The van der Waals surface area contributed by atoms with Crippen LogP contribution in [0.5, 0.6) is 0 Å². The van der Waals surface area contributed by atoms with Gasteiger partial charge in [0.15, 0.2) is 9.84 Å². The van der Waals surface area contributed by atoms with Gasteiger partial charge in [0.1, 0.15) is 0 Å². The van der Waals surface area contributed by atoms with Gasteiger partial charge in [0, 0.05) is 241 Å². The first-order chi connectivity index (χ1) is 57.3. The molecule has 20 rings (SSSR count). The van der Waals surface area contributed by atoms with Crippen LogP contribution in [0.25, 0.3) is 0 Å². The number of aliphatic hydroxyl groups is 4. The van der Waals surface area contributed by atoms with Crippen molar-refractivity contribution < 1.29 is 61.5 Å². The second kappa shape index (κ2) is 39.3. The number of carbonyl (C=O) groups excluding carboxylic acids is 4. The van der Waals surface area contributed by atoms with Gasteiger partial charge in [-0.25, -0.2) is 17.2 Å². The number of morpholine rings is 1. The molecule has 8 bridgehead atoms. The normalized spacial score (nSPS) is 26.9. The Morgan fingerprint density at radius 1 is 0.342 bits per heavy atom. The smallest absolute Gasteiger partial charge is 0.251 e. The lowest BCUT2D eigenvalue weighted by Crippen LogP contribution is -2.54. The second-order valence-electron chi connectivity index (χ2n) is 39.6. The summed E-state index contributed by atoms with van der Waals surface area (Å²) >= 11 is 0. The summed E-state index contributed by atoms with van der Waals surface area (Å²) in [5, 5.41) is 36.4. The number of ether oxygens (including phenoxy) is 1. The minimum Gasteiger partial charge on any atom is -0.396 e. The maximum Gasteiger partial charge on any atom is 0.251 e. The van der Waals surface area contributed by atoms with Gasteiger partial charge in [-0.2, -0.15) is 0 Å². The molecule has 0 spiro atoms. The zero-order valence-electron chi connectivity index (χ0n) is 73.4. The standard InChI is InChI=1S/C24H35F2N3O2.C24H37N3O2.C23H35N3O4S.C23H35N3O3/c1-23(2)14-18-15-28(22(31)4-3-13-30)17-21(23)29(16-18)20-7-5-19(6-8-20)27-11-9-24(25,26)10-12-27;1-24(2)15-19-16-26(23(29)7-6-14-28)18-22(24)27(17-19)21-10-8-20(9-11-21)25-12-4-3-5-13-25;1-23(2)14-18-15-25(22(28)4-3-11-27)17-21(23)26(16-18)20-7-5-19(6-8-20)24-9-12-31(29,30)13-10-24;1-23(2)14-18-15-25(22(28)4-3-11-27)17-21(23)26(16-18)20-7-5-19(6-8-20)24-9-12-29-13-10-24/h5-8,18,21,30H,3-4,9-17H2,1-2H3;8-11,19,22,28H,3-7,12-18H2,1-2H3;5-8,18,21,27H,3-4,9-17H2,1-2H3;5-8,18,21,27H,3-4,9-17H2,1-2H3. The zero-order valence-corrected chi connectivity index (χ0v) is 74.2. The Labute approximate surface area is 714 Å². The van der Waals surface area contributed by atoms with Crippen LogP contribution >= 0.6 is 0 Å². The van der Waals surface area contributed by atoms with E-state index in [4.69, 9.17) is 25.2 Å². The molecular weight excluding hydrogens is 1540 g/mol. The molecule has 4 aromatic rings. The first-order valence-electron chi connectivity index (χ1n) is 45.5. The number of sulfone groups is 1. The third kappa shape index (κ3) is 22.3. The van der Waals surface area contributed by atoms with Crippen LogP contribution in [0, 0.1) is 45.3 Å². The van der Waals surface area contributed by atoms with E-state index in [0.717, 1.165) is 135 Å². The quantitative estimate of drug-likeness (QED) is 0.0644. The Balaban J connectivity index is 0.000000138. The first-order valence-corrected chi connectivity index (χ1v) is 47.3. The molecule has 16 fully saturated rings. The number of piperidine rings is 6. The number of rotatable bonds is 20. The van der Waals surface area contributed by atoms with Gasteiger partial charge in [0.05, 0.1) is 48.9 Å². The monoisotopic (exact) mass is 1690 g/mol. The molecule has 0 aliphatic carbocycles. The highest BCUT2D eigenvalue weighted by atomic mass is 32.2. The van der Waals surface area contributed by atoms with Crippen molar-refractivity contribution in [3.8, 4) is 0 Å². The number of nitrogens with zero attached hydrogens (tertiary/aromatic N) is 12. The number of fused-ring (bicyclic) bond motifs is 16. The van der Waals surface area contributed by atoms with E-state index >= 15 is 0 Å². The second-order valence-corrected chi connectivity index (χ2v) is 41.9. The van der Waals surface area contributed by atoms with Crippen molar-refractivity contribution >= 4 is 79.0 Å². The molecule has 26 heteroatoms. The van der Waals surface area contributed by atoms with E-state index in [9.17, 15) is 36.4 Å². The molecule has 23 nitrogen and oxygen atoms in total. The predicted octanol–water partition coefficient (Wildman–Crippen LogP) is 11.4. The Morgan fingerprint density at radius 3 is 0.850 bits per heavy atom. The topological polar surface area (TPSA) is 231 Å². The van der Waals surface area contributed by atoms with Crippen LogP contribution in [0.2, 0.25) is 0 Å². The van der Waals surface area contributed by atoms with E-state index in [0.29, 0.717) is 120 Å². The molecule has 664 valence electrons. The van der Waals surface area contributed by atoms with E-state index in [2.05, 4.69) is 197 Å². The van der Waals surface area contributed by atoms with Crippen molar-refractivity contribution in [3.05, 3.63) is 97.1 Å². The van der Waals surface area contributed by atoms with Crippen LogP contribution < -0.4 is 39.2 Å². The molecule has 16 saturated heterocycles. The Morgan fingerprint density at radius 2 is 0.583 bits per heavy atom. The van der Waals surface area contributed by atoms with Crippen molar-refractivity contribution in [1.82, 2.24) is 19.6 Å². The fourth-order valence-corrected chi connectivity index (χ4v) is 23.5. The minimum absolute atomic E-state index is 0.0467. The summed E-state index contributed by atoms with van der Waals surface area (Å²) in [6, 6.07) is 36.0. The molecule has 4 aromatic carbocycles. The number of benzene rings is 4. The molecule has 0 aromatic heterocycles. The molecule has 4 N–H and O–H groups in total. The average molecular weight is 1690 g/mol. The van der Waals surface area contributed by atoms with Gasteiger partial charge < -0.3 is 84.0 Å². The van der Waals surface area contributed by atoms with Crippen LogP contribution in [-0.2, 0) is 33.8 Å². The summed E-state index contributed by atoms with van der Waals surface area (Å²) in [5.41, 5.74) is 10.1. The van der Waals surface area contributed by atoms with Crippen molar-refractivity contribution in [2.45, 2.75) is 195 Å². The molecule has 8 atom stereocenters. The molecule has 120 heavy (non-hydrogen) atoms. The lowest BCUT2D eigenvalue weighted by molar-refractivity contribution is -0.132. The highest BCUT2D eigenvalue weighted by molar-refractivity contribution is 7.91. The molecule has 8 unspecified atom stereocenters. The van der Waals surface area contributed by atoms with Crippen LogP contribution in [0.15, 0.2) is 97.1 Å². The fourth-order valence-electron chi connectivity index (χ4n) is 22.3. The first kappa shape index (κ1) is 90.5. The largest absolute Gasteiger partial charge is 0.396 e. The third-order valence-corrected chi connectivity index (χ3v) is 30.3. The molecule has 0 radical (unpaired) electrons. The molecule has 16 heterocycles. The van der Waals surface area contributed by atoms with E-state index in [1.165, 1.54) is 67.2 Å². The van der Waals surface area contributed by atoms with Gasteiger partial charge in [-0.05, 0) is 213 Å². The summed E-state index contributed by atoms with van der Waals surface area (Å²) in [5.74, 6) is 0.426. The van der Waals surface area contributed by atoms with Gasteiger partial charge in [0.2, 0.25) is 23.6 Å². The van der Waals surface area contributed by atoms with Crippen LogP contribution in [0.3, 0.4) is 0 Å². The molecule has 16 aliphatic heterocycles. The molecule has 4 amide bonds. The Bertz CT molecular complexity index is 3990. The number of hydrogen-bond donors (Lipinski definition) is 4. The Hall–Kier alpha value is -7.23. The summed E-state index contributed by atoms with van der Waals surface area (Å²) in [6.45, 7) is 36.8. The third-order valence-electron chi connectivity index (χ3n) is 28.7. The number of aliphatic hydroxyl groups excluding tert-OH is 4. The maximum atomic E-state index is 13.5. The van der Waals surface area contributed by atoms with Gasteiger partial charge in [-0.3, -0.25) is 19.2 Å². The molecule has 0 saturated carbocycles. The SMILES string of the molecule is CC1(C)CC2CN(C(=O)CCCO)CC1N(c1ccc(N3CCC(F)(F)CC3)cc1)C2.CC1(C)CC2CN(C(=O)CCCO)CC1N(c1ccc(N3CCCCC3)cc1)C2.CC1(C)CC2CN(C(=O)CCCO)CC1N(c1ccc(N3CCOCC3)cc1)C2.CC1(C)CC2CN(C(=O)CCCO)CC1N(c1ccc(N3CCS(=O)(=O)CC3)cc1)C2. The van der Waals surface area contributed by atoms with Crippen molar-refractivity contribution in [3.63, 3.8) is 0 Å². The number of anilines is 8. The van der Waals surface area contributed by atoms with E-state index in [1.54, 1.807) is 0 Å². The highest BCUT2D eigenvalue weighted by Gasteiger charge is 2.51. The lowest BCUT2D eigenvalue weighted by Gasteiger charge is -2.48. The number of amides is 4. The van der Waals surface area contributed by atoms with E-state index < -0.39 is 15.8 Å². The molecule has 16 aliphatic rings. The van der Waals surface area contributed by atoms with Gasteiger partial charge in [0.25, 0.3) is 5.92 Å².